The zero-order valence-electron chi connectivity index (χ0n) is 18.5. The van der Waals surface area contributed by atoms with E-state index in [0.29, 0.717) is 34.7 Å². The Morgan fingerprint density at radius 1 is 1.30 bits per heavy atom. The first-order chi connectivity index (χ1) is 15.7. The minimum absolute atomic E-state index is 0.0441. The highest BCUT2D eigenvalue weighted by molar-refractivity contribution is 6.31. The Morgan fingerprint density at radius 3 is 2.70 bits per heavy atom. The van der Waals surface area contributed by atoms with Gasteiger partial charge in [-0.2, -0.15) is 0 Å². The van der Waals surface area contributed by atoms with Crippen LogP contribution < -0.4 is 4.74 Å². The monoisotopic (exact) mass is 478 g/mol. The molecule has 2 aromatic carbocycles. The number of halogens is 2. The number of aliphatic hydroxyl groups is 3. The molecule has 2 aromatic rings. The fraction of sp³-hybridized carbons (Fsp3) is 0.440. The van der Waals surface area contributed by atoms with Gasteiger partial charge < -0.3 is 29.5 Å². The lowest BCUT2D eigenvalue weighted by atomic mass is 9.74. The van der Waals surface area contributed by atoms with Gasteiger partial charge in [-0.05, 0) is 55.7 Å². The predicted octanol–water partition coefficient (Wildman–Crippen LogP) is 3.33. The van der Waals surface area contributed by atoms with E-state index >= 15 is 0 Å². The van der Waals surface area contributed by atoms with Gasteiger partial charge in [-0.15, -0.1) is 6.58 Å². The van der Waals surface area contributed by atoms with Crippen LogP contribution >= 0.6 is 11.6 Å². The molecule has 2 saturated heterocycles. The smallest absolute Gasteiger partial charge is 0.225 e. The van der Waals surface area contributed by atoms with Crippen LogP contribution in [0.25, 0.3) is 0 Å². The van der Waals surface area contributed by atoms with Crippen molar-refractivity contribution in [1.29, 1.82) is 0 Å². The Kier molecular flexibility index (Phi) is 6.57. The zero-order valence-corrected chi connectivity index (χ0v) is 19.3. The third kappa shape index (κ3) is 3.87. The largest absolute Gasteiger partial charge is 0.491 e. The molecule has 6 atom stereocenters. The second-order valence-electron chi connectivity index (χ2n) is 8.57. The fourth-order valence-corrected chi connectivity index (χ4v) is 4.98. The van der Waals surface area contributed by atoms with Crippen molar-refractivity contribution in [3.05, 3.63) is 76.6 Å². The maximum absolute atomic E-state index is 14.3. The van der Waals surface area contributed by atoms with Crippen molar-refractivity contribution in [2.24, 2.45) is 5.92 Å². The molecule has 4 rings (SSSR count). The SMILES string of the molecule is C=CC1[C@H](O)[C@@H](O)[C@@]2(c3ccc(Cl)c(Cc4ccc(OCC)c(F)c4)c3)OC[C@]1(C(C)O)O2. The summed E-state index contributed by atoms with van der Waals surface area (Å²) >= 11 is 6.43. The number of fused-ring (bicyclic) bond motifs is 2. The second kappa shape index (κ2) is 8.98. The van der Waals surface area contributed by atoms with Gasteiger partial charge in [-0.25, -0.2) is 4.39 Å². The first kappa shape index (κ1) is 24.1. The van der Waals surface area contributed by atoms with Crippen molar-refractivity contribution in [1.82, 2.24) is 0 Å². The Hall–Kier alpha value is -2.00. The third-order valence-electron chi connectivity index (χ3n) is 6.60. The van der Waals surface area contributed by atoms with E-state index in [1.165, 1.54) is 12.1 Å². The van der Waals surface area contributed by atoms with E-state index in [2.05, 4.69) is 6.58 Å². The highest BCUT2D eigenvalue weighted by Gasteiger charge is 2.68. The van der Waals surface area contributed by atoms with Crippen LogP contribution in [-0.2, 0) is 21.7 Å². The number of benzene rings is 2. The molecule has 178 valence electrons. The van der Waals surface area contributed by atoms with Crippen LogP contribution in [-0.4, -0.2) is 52.4 Å². The molecule has 33 heavy (non-hydrogen) atoms. The summed E-state index contributed by atoms with van der Waals surface area (Å²) in [7, 11) is 0. The van der Waals surface area contributed by atoms with Crippen LogP contribution in [0, 0.1) is 11.7 Å². The molecule has 6 nitrogen and oxygen atoms in total. The molecular formula is C25H28ClFO6. The molecule has 2 aliphatic rings. The first-order valence-electron chi connectivity index (χ1n) is 10.9. The van der Waals surface area contributed by atoms with E-state index in [1.54, 1.807) is 44.2 Å². The van der Waals surface area contributed by atoms with Gasteiger partial charge in [0.05, 0.1) is 25.4 Å². The maximum atomic E-state index is 14.3. The van der Waals surface area contributed by atoms with Crippen LogP contribution in [0.15, 0.2) is 49.1 Å². The summed E-state index contributed by atoms with van der Waals surface area (Å²) in [5.41, 5.74) is 0.500. The predicted molar refractivity (Wildman–Crippen MR) is 121 cm³/mol. The molecule has 0 aliphatic carbocycles. The second-order valence-corrected chi connectivity index (χ2v) is 8.97. The van der Waals surface area contributed by atoms with Crippen molar-refractivity contribution in [3.8, 4) is 5.75 Å². The summed E-state index contributed by atoms with van der Waals surface area (Å²) in [6.07, 6.45) is -1.93. The van der Waals surface area contributed by atoms with Crippen molar-refractivity contribution >= 4 is 11.6 Å². The minimum atomic E-state index is -1.70. The lowest BCUT2D eigenvalue weighted by Crippen LogP contribution is -2.64. The molecule has 8 heteroatoms. The van der Waals surface area contributed by atoms with Crippen LogP contribution in [0.2, 0.25) is 5.02 Å². The normalized spacial score (nSPS) is 31.9. The number of hydrogen-bond acceptors (Lipinski definition) is 6. The molecular weight excluding hydrogens is 451 g/mol. The average molecular weight is 479 g/mol. The molecule has 0 saturated carbocycles. The van der Waals surface area contributed by atoms with E-state index in [4.69, 9.17) is 25.8 Å². The van der Waals surface area contributed by atoms with E-state index in [1.807, 2.05) is 0 Å². The molecule has 3 N–H and O–H groups in total. The van der Waals surface area contributed by atoms with Crippen LogP contribution in [0.5, 0.6) is 5.75 Å². The average Bonchev–Trinajstić information content (AvgIpc) is 3.16. The van der Waals surface area contributed by atoms with E-state index in [0.717, 1.165) is 0 Å². The lowest BCUT2D eigenvalue weighted by molar-refractivity contribution is -0.321. The molecule has 0 spiro atoms. The molecule has 2 fully saturated rings. The topological polar surface area (TPSA) is 88.4 Å². The van der Waals surface area contributed by atoms with E-state index in [9.17, 15) is 19.7 Å². The summed E-state index contributed by atoms with van der Waals surface area (Å²) < 4.78 is 31.8. The van der Waals surface area contributed by atoms with Gasteiger partial charge in [0.1, 0.15) is 11.7 Å². The highest BCUT2D eigenvalue weighted by atomic mass is 35.5. The van der Waals surface area contributed by atoms with Crippen molar-refractivity contribution in [3.63, 3.8) is 0 Å². The summed E-state index contributed by atoms with van der Waals surface area (Å²) in [5, 5.41) is 32.8. The summed E-state index contributed by atoms with van der Waals surface area (Å²) in [6.45, 7) is 7.38. The van der Waals surface area contributed by atoms with Gasteiger partial charge in [-0.1, -0.05) is 29.8 Å². The van der Waals surface area contributed by atoms with Gasteiger partial charge in [0.2, 0.25) is 5.79 Å². The molecule has 2 heterocycles. The Morgan fingerprint density at radius 2 is 2.06 bits per heavy atom. The first-order valence-corrected chi connectivity index (χ1v) is 11.3. The lowest BCUT2D eigenvalue weighted by Gasteiger charge is -2.48. The van der Waals surface area contributed by atoms with Gasteiger partial charge in [0.15, 0.2) is 11.6 Å². The zero-order chi connectivity index (χ0) is 24.0. The number of aliphatic hydroxyl groups excluding tert-OH is 3. The third-order valence-corrected chi connectivity index (χ3v) is 6.97. The van der Waals surface area contributed by atoms with Gasteiger partial charge >= 0.3 is 0 Å². The van der Waals surface area contributed by atoms with Crippen LogP contribution in [0.1, 0.15) is 30.5 Å². The Balaban J connectivity index is 1.70. The van der Waals surface area contributed by atoms with Crippen LogP contribution in [0.3, 0.4) is 0 Å². The number of hydrogen-bond donors (Lipinski definition) is 3. The number of ether oxygens (including phenoxy) is 3. The molecule has 2 bridgehead atoms. The summed E-state index contributed by atoms with van der Waals surface area (Å²) in [4.78, 5) is 0. The molecule has 0 radical (unpaired) electrons. The van der Waals surface area contributed by atoms with Crippen molar-refractivity contribution < 1.29 is 33.9 Å². The molecule has 2 unspecified atom stereocenters. The molecule has 2 aliphatic heterocycles. The quantitative estimate of drug-likeness (QED) is 0.529. The van der Waals surface area contributed by atoms with E-state index < -0.39 is 41.4 Å². The van der Waals surface area contributed by atoms with E-state index in [-0.39, 0.29) is 12.4 Å². The molecule has 0 amide bonds. The summed E-state index contributed by atoms with van der Waals surface area (Å²) in [6, 6.07) is 9.71. The Labute approximate surface area is 197 Å². The minimum Gasteiger partial charge on any atom is -0.491 e. The van der Waals surface area contributed by atoms with Gasteiger partial charge in [-0.3, -0.25) is 0 Å². The Bertz CT molecular complexity index is 1050. The molecule has 0 aromatic heterocycles. The van der Waals surface area contributed by atoms with Gasteiger partial charge in [0, 0.05) is 16.5 Å². The van der Waals surface area contributed by atoms with Crippen molar-refractivity contribution in [2.75, 3.05) is 13.2 Å². The highest BCUT2D eigenvalue weighted by Crippen LogP contribution is 2.53. The number of rotatable bonds is 7. The standard InChI is InChI=1S/C25H28ClFO6/c1-4-18-22(29)23(30)25(32-13-24(18,33-25)14(3)28)17-7-8-19(26)16(12-17)10-15-6-9-21(31-5-2)20(27)11-15/h4,6-9,11-12,14,18,22-23,28-30H,1,5,10,13H2,2-3H3/t14?,18?,22-,23+,24+,25-/m0/s1. The van der Waals surface area contributed by atoms with Crippen molar-refractivity contribution in [2.45, 2.75) is 50.0 Å². The van der Waals surface area contributed by atoms with Gasteiger partial charge in [0.25, 0.3) is 0 Å². The van der Waals surface area contributed by atoms with Crippen LogP contribution in [0.4, 0.5) is 4.39 Å². The maximum Gasteiger partial charge on any atom is 0.225 e. The fourth-order valence-electron chi connectivity index (χ4n) is 4.79. The summed E-state index contributed by atoms with van der Waals surface area (Å²) in [5.74, 6) is -2.72.